The SMILES string of the molecule is COc1c(Cl)cc(Cl)cc1/C(O)=C1/C(=O)C(=O)N(CCc2c[nH]c3ccccc23)C1c1sccc1C. The molecule has 184 valence electrons. The van der Waals surface area contributed by atoms with E-state index < -0.39 is 17.7 Å². The minimum absolute atomic E-state index is 0.0129. The summed E-state index contributed by atoms with van der Waals surface area (Å²) >= 11 is 13.9. The largest absolute Gasteiger partial charge is 0.507 e. The number of aromatic nitrogens is 1. The van der Waals surface area contributed by atoms with Gasteiger partial charge < -0.3 is 19.7 Å². The number of nitrogens with zero attached hydrogens (tertiary/aromatic N) is 1. The number of ketones is 1. The molecule has 1 amide bonds. The van der Waals surface area contributed by atoms with E-state index in [2.05, 4.69) is 4.98 Å². The molecular weight excluding hydrogens is 519 g/mol. The highest BCUT2D eigenvalue weighted by Crippen LogP contribution is 2.45. The number of amides is 1. The fourth-order valence-electron chi connectivity index (χ4n) is 4.72. The minimum atomic E-state index is -0.762. The standard InChI is InChI=1S/C27H22Cl2N2O4S/c1-14-8-10-36-26(14)22-21(23(32)18-11-16(28)12-19(29)25(18)35-2)24(33)27(34)31(22)9-7-15-13-30-20-6-4-3-5-17(15)20/h3-6,8,10-13,22,30,32H,7,9H2,1-2H3/b23-21-. The van der Waals surface area contributed by atoms with Crippen LogP contribution in [0.15, 0.2) is 59.6 Å². The number of hydrogen-bond acceptors (Lipinski definition) is 5. The van der Waals surface area contributed by atoms with Gasteiger partial charge in [-0.2, -0.15) is 0 Å². The van der Waals surface area contributed by atoms with Crippen LogP contribution in [0.25, 0.3) is 16.7 Å². The second-order valence-electron chi connectivity index (χ2n) is 8.54. The number of halogens is 2. The first-order valence-corrected chi connectivity index (χ1v) is 12.9. The van der Waals surface area contributed by atoms with Gasteiger partial charge >= 0.3 is 0 Å². The highest BCUT2D eigenvalue weighted by Gasteiger charge is 2.47. The first-order valence-electron chi connectivity index (χ1n) is 11.2. The molecule has 36 heavy (non-hydrogen) atoms. The van der Waals surface area contributed by atoms with Gasteiger partial charge in [0.2, 0.25) is 0 Å². The van der Waals surface area contributed by atoms with Crippen LogP contribution in [-0.2, 0) is 16.0 Å². The fourth-order valence-corrected chi connectivity index (χ4v) is 6.33. The van der Waals surface area contributed by atoms with Gasteiger partial charge in [-0.3, -0.25) is 9.59 Å². The summed E-state index contributed by atoms with van der Waals surface area (Å²) in [6.07, 6.45) is 2.45. The third-order valence-corrected chi connectivity index (χ3v) is 8.02. The molecule has 1 aliphatic heterocycles. The first-order chi connectivity index (χ1) is 17.3. The maximum atomic E-state index is 13.4. The van der Waals surface area contributed by atoms with Gasteiger partial charge in [-0.25, -0.2) is 0 Å². The van der Waals surface area contributed by atoms with Crippen LogP contribution in [0.5, 0.6) is 5.75 Å². The second-order valence-corrected chi connectivity index (χ2v) is 10.3. The molecule has 0 aliphatic carbocycles. The van der Waals surface area contributed by atoms with E-state index in [-0.39, 0.29) is 32.7 Å². The van der Waals surface area contributed by atoms with Crippen LogP contribution in [0, 0.1) is 6.92 Å². The zero-order valence-corrected chi connectivity index (χ0v) is 21.8. The van der Waals surface area contributed by atoms with E-state index in [0.29, 0.717) is 13.0 Å². The van der Waals surface area contributed by atoms with Gasteiger partial charge in [0.25, 0.3) is 11.7 Å². The van der Waals surface area contributed by atoms with E-state index in [1.54, 1.807) is 0 Å². The van der Waals surface area contributed by atoms with Crippen LogP contribution in [0.4, 0.5) is 0 Å². The Morgan fingerprint density at radius 1 is 1.19 bits per heavy atom. The number of likely N-dealkylation sites (tertiary alicyclic amines) is 1. The molecule has 0 saturated carbocycles. The van der Waals surface area contributed by atoms with Crippen molar-refractivity contribution in [2.45, 2.75) is 19.4 Å². The van der Waals surface area contributed by atoms with E-state index >= 15 is 0 Å². The Hall–Kier alpha value is -3.26. The Morgan fingerprint density at radius 2 is 1.97 bits per heavy atom. The molecule has 2 N–H and O–H groups in total. The lowest BCUT2D eigenvalue weighted by molar-refractivity contribution is -0.139. The average Bonchev–Trinajstić information content (AvgIpc) is 3.53. The molecule has 2 aromatic carbocycles. The van der Waals surface area contributed by atoms with Gasteiger partial charge in [0, 0.05) is 33.5 Å². The Morgan fingerprint density at radius 3 is 2.69 bits per heavy atom. The molecule has 3 heterocycles. The number of rotatable bonds is 6. The number of fused-ring (bicyclic) bond motifs is 1. The normalized spacial score (nSPS) is 17.3. The number of H-pyrrole nitrogens is 1. The zero-order chi connectivity index (χ0) is 25.6. The van der Waals surface area contributed by atoms with E-state index in [9.17, 15) is 14.7 Å². The molecule has 0 bridgehead atoms. The minimum Gasteiger partial charge on any atom is -0.507 e. The molecule has 6 nitrogen and oxygen atoms in total. The Labute approximate surface area is 221 Å². The van der Waals surface area contributed by atoms with Crippen molar-refractivity contribution in [1.29, 1.82) is 0 Å². The highest BCUT2D eigenvalue weighted by molar-refractivity contribution is 7.10. The maximum Gasteiger partial charge on any atom is 0.295 e. The molecule has 1 saturated heterocycles. The van der Waals surface area contributed by atoms with Crippen molar-refractivity contribution < 1.29 is 19.4 Å². The second kappa shape index (κ2) is 9.65. The summed E-state index contributed by atoms with van der Waals surface area (Å²) < 4.78 is 5.39. The van der Waals surface area contributed by atoms with Crippen molar-refractivity contribution in [2.75, 3.05) is 13.7 Å². The van der Waals surface area contributed by atoms with Crippen molar-refractivity contribution in [3.05, 3.63) is 91.2 Å². The molecule has 0 spiro atoms. The number of aliphatic hydroxyl groups is 1. The van der Waals surface area contributed by atoms with Crippen LogP contribution in [-0.4, -0.2) is 40.3 Å². The summed E-state index contributed by atoms with van der Waals surface area (Å²) in [5, 5.41) is 14.8. The number of Topliss-reactive ketones (excluding diaryl/α,β-unsaturated/α-hetero) is 1. The summed E-state index contributed by atoms with van der Waals surface area (Å²) in [6.45, 7) is 2.21. The molecule has 1 unspecified atom stereocenters. The molecule has 2 aromatic heterocycles. The predicted octanol–water partition coefficient (Wildman–Crippen LogP) is 6.52. The predicted molar refractivity (Wildman–Crippen MR) is 143 cm³/mol. The lowest BCUT2D eigenvalue weighted by Gasteiger charge is -2.25. The Balaban J connectivity index is 1.61. The number of nitrogens with one attached hydrogen (secondary N) is 1. The number of aromatic amines is 1. The van der Waals surface area contributed by atoms with E-state index in [1.807, 2.05) is 48.8 Å². The molecule has 1 atom stereocenters. The maximum absolute atomic E-state index is 13.4. The number of carbonyl (C=O) groups is 2. The van der Waals surface area contributed by atoms with Crippen LogP contribution < -0.4 is 4.74 Å². The molecule has 4 aromatic rings. The fraction of sp³-hybridized carbons (Fsp3) is 0.185. The molecule has 1 fully saturated rings. The lowest BCUT2D eigenvalue weighted by Crippen LogP contribution is -2.31. The lowest BCUT2D eigenvalue weighted by atomic mass is 9.97. The van der Waals surface area contributed by atoms with Gasteiger partial charge in [-0.1, -0.05) is 41.4 Å². The van der Waals surface area contributed by atoms with Crippen molar-refractivity contribution in [3.63, 3.8) is 0 Å². The number of ether oxygens (including phenoxy) is 1. The summed E-state index contributed by atoms with van der Waals surface area (Å²) in [4.78, 5) is 32.3. The van der Waals surface area contributed by atoms with E-state index in [0.717, 1.165) is 26.9 Å². The molecular formula is C27H22Cl2N2O4S. The van der Waals surface area contributed by atoms with Crippen LogP contribution >= 0.6 is 34.5 Å². The van der Waals surface area contributed by atoms with Gasteiger partial charge in [-0.15, -0.1) is 11.3 Å². The summed E-state index contributed by atoms with van der Waals surface area (Å²) in [5.41, 5.74) is 3.11. The molecule has 5 rings (SSSR count). The zero-order valence-electron chi connectivity index (χ0n) is 19.5. The quantitative estimate of drug-likeness (QED) is 0.166. The third-order valence-electron chi connectivity index (χ3n) is 6.45. The molecule has 1 aliphatic rings. The summed E-state index contributed by atoms with van der Waals surface area (Å²) in [6, 6.07) is 12.1. The topological polar surface area (TPSA) is 82.6 Å². The summed E-state index contributed by atoms with van der Waals surface area (Å²) in [5.74, 6) is -1.63. The number of aliphatic hydroxyl groups excluding tert-OH is 1. The number of aryl methyl sites for hydroxylation is 1. The van der Waals surface area contributed by atoms with Crippen LogP contribution in [0.2, 0.25) is 10.0 Å². The number of methoxy groups -OCH3 is 1. The van der Waals surface area contributed by atoms with Gasteiger partial charge in [0.1, 0.15) is 11.5 Å². The molecule has 0 radical (unpaired) electrons. The number of para-hydroxylation sites is 1. The van der Waals surface area contributed by atoms with Crippen LogP contribution in [0.1, 0.15) is 27.6 Å². The highest BCUT2D eigenvalue weighted by atomic mass is 35.5. The van der Waals surface area contributed by atoms with Crippen molar-refractivity contribution in [1.82, 2.24) is 9.88 Å². The third kappa shape index (κ3) is 4.07. The molecule has 9 heteroatoms. The van der Waals surface area contributed by atoms with Gasteiger partial charge in [-0.05, 0) is 54.1 Å². The van der Waals surface area contributed by atoms with Crippen molar-refractivity contribution in [3.8, 4) is 5.75 Å². The van der Waals surface area contributed by atoms with Crippen LogP contribution in [0.3, 0.4) is 0 Å². The summed E-state index contributed by atoms with van der Waals surface area (Å²) in [7, 11) is 1.41. The average molecular weight is 541 g/mol. The Kier molecular flexibility index (Phi) is 6.55. The number of benzene rings is 2. The van der Waals surface area contributed by atoms with E-state index in [4.69, 9.17) is 27.9 Å². The Bertz CT molecular complexity index is 1540. The van der Waals surface area contributed by atoms with Gasteiger partial charge in [0.05, 0.1) is 29.3 Å². The first kappa shape index (κ1) is 24.4. The number of carbonyl (C=O) groups excluding carboxylic acids is 2. The van der Waals surface area contributed by atoms with E-state index in [1.165, 1.54) is 35.5 Å². The number of hydrogen-bond donors (Lipinski definition) is 2. The van der Waals surface area contributed by atoms with Crippen molar-refractivity contribution in [2.24, 2.45) is 0 Å². The van der Waals surface area contributed by atoms with Crippen molar-refractivity contribution >= 4 is 62.9 Å². The van der Waals surface area contributed by atoms with Gasteiger partial charge in [0.15, 0.2) is 0 Å². The number of thiophene rings is 1. The smallest absolute Gasteiger partial charge is 0.295 e. The monoisotopic (exact) mass is 540 g/mol.